The summed E-state index contributed by atoms with van der Waals surface area (Å²) >= 11 is 6.29. The zero-order chi connectivity index (χ0) is 27.6. The maximum absolute atomic E-state index is 13.1. The van der Waals surface area contributed by atoms with Gasteiger partial charge in [0.2, 0.25) is 10.0 Å². The van der Waals surface area contributed by atoms with Crippen LogP contribution in [-0.2, 0) is 23.1 Å². The van der Waals surface area contributed by atoms with Gasteiger partial charge in [-0.1, -0.05) is 37.4 Å². The van der Waals surface area contributed by atoms with Crippen molar-refractivity contribution in [3.63, 3.8) is 0 Å². The molecule has 0 saturated heterocycles. The molecule has 1 amide bonds. The first-order valence-electron chi connectivity index (χ1n) is 14.2. The van der Waals surface area contributed by atoms with Crippen molar-refractivity contribution in [2.45, 2.75) is 77.4 Å². The smallest absolute Gasteiger partial charge is 0.264 e. The Hall–Kier alpha value is -2.29. The first kappa shape index (κ1) is 28.2. The van der Waals surface area contributed by atoms with Crippen molar-refractivity contribution >= 4 is 33.2 Å². The second kappa shape index (κ2) is 11.7. The largest absolute Gasteiger partial charge is 0.487 e. The molecule has 3 aliphatic rings. The standard InChI is InChI=1S/C30H39ClN2O5S/c1-30-14-13-24(30)19-33-15-5-4-7-21-17-25(31)11-9-23(21)20-38-27-12-10-22(18-26(27)33)29(35)32-39(36,37)16-6-2-3-8-28(30)34/h9-12,17-18,24,28,34H,2-8,13-16,19-20H2,1H3,(H,32,35)/t24-,28+,30+/m1/s1. The van der Waals surface area contributed by atoms with Crippen molar-refractivity contribution in [2.24, 2.45) is 11.3 Å². The molecule has 2 N–H and O–H groups in total. The van der Waals surface area contributed by atoms with E-state index in [-0.39, 0.29) is 16.7 Å². The lowest BCUT2D eigenvalue weighted by Gasteiger charge is -2.52. The van der Waals surface area contributed by atoms with Crippen molar-refractivity contribution in [3.05, 3.63) is 58.1 Å². The number of anilines is 1. The van der Waals surface area contributed by atoms with Crippen LogP contribution in [0.25, 0.3) is 0 Å². The SMILES string of the molecule is C[C@]12CC[C@@H]1CN1CCCCc3cc(Cl)ccc3COc3ccc(cc31)C(=O)NS(=O)(=O)CCCCC[C@@H]2O. The number of sulfonamides is 1. The number of hydrogen-bond acceptors (Lipinski definition) is 6. The van der Waals surface area contributed by atoms with E-state index in [1.54, 1.807) is 18.2 Å². The molecule has 9 heteroatoms. The highest BCUT2D eigenvalue weighted by Gasteiger charge is 2.48. The van der Waals surface area contributed by atoms with Crippen molar-refractivity contribution in [2.75, 3.05) is 23.7 Å². The van der Waals surface area contributed by atoms with Crippen molar-refractivity contribution < 1.29 is 23.1 Å². The summed E-state index contributed by atoms with van der Waals surface area (Å²) in [5.41, 5.74) is 3.15. The number of aryl methyl sites for hydroxylation is 1. The first-order valence-corrected chi connectivity index (χ1v) is 16.2. The van der Waals surface area contributed by atoms with Crippen molar-refractivity contribution in [1.82, 2.24) is 4.72 Å². The highest BCUT2D eigenvalue weighted by Crippen LogP contribution is 2.51. The van der Waals surface area contributed by atoms with Gasteiger partial charge in [0.15, 0.2) is 0 Å². The van der Waals surface area contributed by atoms with Crippen LogP contribution in [0.15, 0.2) is 36.4 Å². The number of benzene rings is 2. The maximum atomic E-state index is 13.1. The molecule has 2 bridgehead atoms. The van der Waals surface area contributed by atoms with Gasteiger partial charge in [-0.15, -0.1) is 0 Å². The Morgan fingerprint density at radius 3 is 2.69 bits per heavy atom. The third-order valence-corrected chi connectivity index (χ3v) is 10.6. The van der Waals surface area contributed by atoms with E-state index in [0.717, 1.165) is 62.9 Å². The van der Waals surface area contributed by atoms with Crippen LogP contribution >= 0.6 is 11.6 Å². The highest BCUT2D eigenvalue weighted by atomic mass is 35.5. The number of halogens is 1. The summed E-state index contributed by atoms with van der Waals surface area (Å²) in [4.78, 5) is 15.3. The molecule has 2 aromatic carbocycles. The van der Waals surface area contributed by atoms with E-state index in [9.17, 15) is 18.3 Å². The maximum Gasteiger partial charge on any atom is 0.264 e. The number of carbonyl (C=O) groups excluding carboxylic acids is 1. The number of rotatable bonds is 0. The molecule has 0 aromatic heterocycles. The predicted molar refractivity (Wildman–Crippen MR) is 154 cm³/mol. The fourth-order valence-corrected chi connectivity index (χ4v) is 7.56. The molecule has 212 valence electrons. The molecule has 0 radical (unpaired) electrons. The zero-order valence-electron chi connectivity index (χ0n) is 22.6. The molecule has 0 unspecified atom stereocenters. The van der Waals surface area contributed by atoms with Crippen LogP contribution in [0.4, 0.5) is 5.69 Å². The Labute approximate surface area is 236 Å². The van der Waals surface area contributed by atoms with Gasteiger partial charge in [0, 0.05) is 23.7 Å². The minimum absolute atomic E-state index is 0.113. The lowest BCUT2D eigenvalue weighted by atomic mass is 9.57. The molecule has 1 fully saturated rings. The monoisotopic (exact) mass is 574 g/mol. The highest BCUT2D eigenvalue weighted by molar-refractivity contribution is 7.90. The van der Waals surface area contributed by atoms with E-state index in [1.165, 1.54) is 5.56 Å². The molecule has 2 heterocycles. The van der Waals surface area contributed by atoms with Crippen molar-refractivity contribution in [3.8, 4) is 5.75 Å². The summed E-state index contributed by atoms with van der Waals surface area (Å²) in [6.45, 7) is 4.06. The Kier molecular flexibility index (Phi) is 8.45. The van der Waals surface area contributed by atoms with Crippen LogP contribution in [0.3, 0.4) is 0 Å². The number of aliphatic hydroxyl groups excluding tert-OH is 1. The number of nitrogens with zero attached hydrogens (tertiary/aromatic N) is 1. The zero-order valence-corrected chi connectivity index (χ0v) is 24.2. The van der Waals surface area contributed by atoms with Crippen LogP contribution in [0.5, 0.6) is 5.75 Å². The Morgan fingerprint density at radius 1 is 1.05 bits per heavy atom. The second-order valence-electron chi connectivity index (χ2n) is 11.6. The average molecular weight is 575 g/mol. The number of hydrogen-bond donors (Lipinski definition) is 2. The van der Waals surface area contributed by atoms with E-state index < -0.39 is 22.0 Å². The molecule has 1 saturated carbocycles. The van der Waals surface area contributed by atoms with Gasteiger partial charge in [0.1, 0.15) is 12.4 Å². The van der Waals surface area contributed by atoms with Crippen LogP contribution in [-0.4, -0.2) is 44.4 Å². The summed E-state index contributed by atoms with van der Waals surface area (Å²) in [6.07, 6.45) is 6.97. The number of fused-ring (bicyclic) bond motifs is 3. The number of amides is 1. The summed E-state index contributed by atoms with van der Waals surface area (Å²) in [5.74, 6) is 0.230. The van der Waals surface area contributed by atoms with Crippen LogP contribution in [0.2, 0.25) is 5.02 Å². The number of carbonyl (C=O) groups is 1. The normalized spacial score (nSPS) is 28.0. The van der Waals surface area contributed by atoms with Crippen LogP contribution in [0.1, 0.15) is 79.8 Å². The van der Waals surface area contributed by atoms with Gasteiger partial charge < -0.3 is 14.7 Å². The minimum atomic E-state index is -3.76. The van der Waals surface area contributed by atoms with Gasteiger partial charge in [-0.05, 0) is 97.7 Å². The van der Waals surface area contributed by atoms with Gasteiger partial charge in [0.25, 0.3) is 5.91 Å². The van der Waals surface area contributed by atoms with E-state index in [4.69, 9.17) is 16.3 Å². The quantitative estimate of drug-likeness (QED) is 0.433. The molecular formula is C30H39ClN2O5S. The summed E-state index contributed by atoms with van der Waals surface area (Å²) in [7, 11) is -3.76. The fraction of sp³-hybridized carbons (Fsp3) is 0.567. The molecule has 0 spiro atoms. The van der Waals surface area contributed by atoms with Gasteiger partial charge in [-0.3, -0.25) is 4.79 Å². The molecule has 5 rings (SSSR count). The number of ether oxygens (including phenoxy) is 1. The molecule has 1 aliphatic carbocycles. The molecular weight excluding hydrogens is 536 g/mol. The molecule has 3 atom stereocenters. The van der Waals surface area contributed by atoms with Crippen LogP contribution < -0.4 is 14.4 Å². The lowest BCUT2D eigenvalue weighted by Crippen LogP contribution is -2.51. The lowest BCUT2D eigenvalue weighted by molar-refractivity contribution is -0.0756. The summed E-state index contributed by atoms with van der Waals surface area (Å²) in [6, 6.07) is 11.1. The first-order chi connectivity index (χ1) is 18.6. The molecule has 2 aliphatic heterocycles. The Balaban J connectivity index is 1.53. The molecule has 39 heavy (non-hydrogen) atoms. The van der Waals surface area contributed by atoms with Crippen molar-refractivity contribution in [1.29, 1.82) is 0 Å². The average Bonchev–Trinajstić information content (AvgIpc) is 2.92. The van der Waals surface area contributed by atoms with E-state index in [1.807, 2.05) is 18.2 Å². The van der Waals surface area contributed by atoms with E-state index in [0.29, 0.717) is 42.6 Å². The van der Waals surface area contributed by atoms with E-state index >= 15 is 0 Å². The van der Waals surface area contributed by atoms with Gasteiger partial charge in [-0.2, -0.15) is 0 Å². The fourth-order valence-electron chi connectivity index (χ4n) is 6.28. The third-order valence-electron chi connectivity index (χ3n) is 9.04. The number of nitrogens with one attached hydrogen (secondary N) is 1. The third kappa shape index (κ3) is 6.39. The topological polar surface area (TPSA) is 95.9 Å². The van der Waals surface area contributed by atoms with Gasteiger partial charge in [0.05, 0.1) is 17.5 Å². The molecule has 2 aromatic rings. The summed E-state index contributed by atoms with van der Waals surface area (Å²) < 4.78 is 33.9. The minimum Gasteiger partial charge on any atom is -0.487 e. The Bertz CT molecular complexity index is 1320. The Morgan fingerprint density at radius 2 is 1.90 bits per heavy atom. The van der Waals surface area contributed by atoms with Crippen LogP contribution in [0, 0.1) is 11.3 Å². The van der Waals surface area contributed by atoms with Gasteiger partial charge >= 0.3 is 0 Å². The predicted octanol–water partition coefficient (Wildman–Crippen LogP) is 5.47. The van der Waals surface area contributed by atoms with E-state index in [2.05, 4.69) is 16.5 Å². The number of aliphatic hydroxyl groups is 1. The summed E-state index contributed by atoms with van der Waals surface area (Å²) in [5, 5.41) is 11.9. The second-order valence-corrected chi connectivity index (χ2v) is 13.9. The molecule has 7 nitrogen and oxygen atoms in total. The van der Waals surface area contributed by atoms with Gasteiger partial charge in [-0.25, -0.2) is 13.1 Å².